The second-order valence-corrected chi connectivity index (χ2v) is 7.90. The number of imidazole rings is 1. The minimum atomic E-state index is -0.312. The number of carbonyl (C=O) groups excluding carboxylic acids is 1. The maximum atomic E-state index is 13.2. The zero-order valence-corrected chi connectivity index (χ0v) is 17.6. The summed E-state index contributed by atoms with van der Waals surface area (Å²) in [6, 6.07) is 14.2. The zero-order valence-electron chi connectivity index (χ0n) is 17.6. The van der Waals surface area contributed by atoms with E-state index >= 15 is 0 Å². The number of amides is 1. The first kappa shape index (κ1) is 21.1. The maximum absolute atomic E-state index is 13.2. The molecular weight excluding hydrogens is 395 g/mol. The Morgan fingerprint density at radius 3 is 2.52 bits per heavy atom. The third kappa shape index (κ3) is 5.30. The van der Waals surface area contributed by atoms with Crippen molar-refractivity contribution in [3.63, 3.8) is 0 Å². The molecule has 0 spiro atoms. The normalized spacial score (nSPS) is 15.0. The van der Waals surface area contributed by atoms with E-state index in [0.29, 0.717) is 23.8 Å². The van der Waals surface area contributed by atoms with E-state index in [1.807, 2.05) is 12.1 Å². The van der Waals surface area contributed by atoms with Crippen LogP contribution in [0.2, 0.25) is 0 Å². The molecule has 162 valence electrons. The molecule has 1 amide bonds. The molecule has 2 aromatic carbocycles. The van der Waals surface area contributed by atoms with Crippen LogP contribution >= 0.6 is 0 Å². The molecule has 3 aromatic rings. The molecule has 1 N–H and O–H groups in total. The van der Waals surface area contributed by atoms with Crippen LogP contribution in [0.3, 0.4) is 0 Å². The minimum absolute atomic E-state index is 0.164. The van der Waals surface area contributed by atoms with Crippen molar-refractivity contribution in [1.82, 2.24) is 19.8 Å². The van der Waals surface area contributed by atoms with Crippen LogP contribution < -0.4 is 10.1 Å². The number of halogens is 1. The highest BCUT2D eigenvalue weighted by Crippen LogP contribution is 2.20. The third-order valence-corrected chi connectivity index (χ3v) is 5.80. The first-order valence-corrected chi connectivity index (χ1v) is 10.5. The summed E-state index contributed by atoms with van der Waals surface area (Å²) in [7, 11) is 1.68. The summed E-state index contributed by atoms with van der Waals surface area (Å²) in [6.07, 6.45) is 5.21. The van der Waals surface area contributed by atoms with Gasteiger partial charge in [-0.05, 0) is 73.8 Å². The van der Waals surface area contributed by atoms with Gasteiger partial charge in [0.1, 0.15) is 17.3 Å². The molecular formula is C24H27FN4O2. The van der Waals surface area contributed by atoms with Crippen LogP contribution in [0.4, 0.5) is 4.39 Å². The van der Waals surface area contributed by atoms with Crippen LogP contribution in [0.1, 0.15) is 28.9 Å². The van der Waals surface area contributed by atoms with Crippen molar-refractivity contribution in [2.45, 2.75) is 19.4 Å². The highest BCUT2D eigenvalue weighted by molar-refractivity contribution is 5.93. The lowest BCUT2D eigenvalue weighted by Crippen LogP contribution is -2.38. The number of rotatable bonds is 7. The molecule has 1 fully saturated rings. The number of carbonyl (C=O) groups is 1. The number of aromatic nitrogens is 2. The highest BCUT2D eigenvalue weighted by atomic mass is 19.1. The Bertz CT molecular complexity index is 993. The predicted molar refractivity (Wildman–Crippen MR) is 117 cm³/mol. The molecule has 1 aromatic heterocycles. The van der Waals surface area contributed by atoms with Crippen LogP contribution in [0.15, 0.2) is 61.1 Å². The Morgan fingerprint density at radius 2 is 1.84 bits per heavy atom. The molecule has 0 atom stereocenters. The average molecular weight is 423 g/mol. The van der Waals surface area contributed by atoms with Crippen molar-refractivity contribution in [2.24, 2.45) is 5.92 Å². The Hall–Kier alpha value is -3.19. The van der Waals surface area contributed by atoms with Gasteiger partial charge >= 0.3 is 0 Å². The fourth-order valence-electron chi connectivity index (χ4n) is 3.94. The lowest BCUT2D eigenvalue weighted by Gasteiger charge is -2.32. The summed E-state index contributed by atoms with van der Waals surface area (Å²) < 4.78 is 20.1. The highest BCUT2D eigenvalue weighted by Gasteiger charge is 2.21. The van der Waals surface area contributed by atoms with Crippen molar-refractivity contribution >= 4 is 5.91 Å². The Kier molecular flexibility index (Phi) is 6.62. The Labute approximate surface area is 181 Å². The summed E-state index contributed by atoms with van der Waals surface area (Å²) in [5, 5.41) is 3.05. The molecule has 0 radical (unpaired) electrons. The molecule has 0 bridgehead atoms. The second-order valence-electron chi connectivity index (χ2n) is 7.90. The van der Waals surface area contributed by atoms with Gasteiger partial charge in [0.15, 0.2) is 0 Å². The van der Waals surface area contributed by atoms with Crippen molar-refractivity contribution in [3.8, 4) is 11.4 Å². The maximum Gasteiger partial charge on any atom is 0.269 e. The van der Waals surface area contributed by atoms with Crippen LogP contribution in [0, 0.1) is 11.7 Å². The lowest BCUT2D eigenvalue weighted by molar-refractivity contribution is 0.0928. The molecule has 7 heteroatoms. The van der Waals surface area contributed by atoms with Crippen molar-refractivity contribution in [1.29, 1.82) is 0 Å². The predicted octanol–water partition coefficient (Wildman–Crippen LogP) is 3.66. The van der Waals surface area contributed by atoms with E-state index in [9.17, 15) is 9.18 Å². The molecule has 31 heavy (non-hydrogen) atoms. The summed E-state index contributed by atoms with van der Waals surface area (Å²) in [5.74, 6) is 0.855. The van der Waals surface area contributed by atoms with E-state index in [4.69, 9.17) is 4.74 Å². The first-order chi connectivity index (χ1) is 15.1. The largest absolute Gasteiger partial charge is 0.497 e. The second kappa shape index (κ2) is 9.75. The topological polar surface area (TPSA) is 59.4 Å². The molecule has 2 heterocycles. The number of methoxy groups -OCH3 is 1. The van der Waals surface area contributed by atoms with Gasteiger partial charge in [0.2, 0.25) is 0 Å². The Morgan fingerprint density at radius 1 is 1.13 bits per heavy atom. The number of benzene rings is 2. The summed E-state index contributed by atoms with van der Waals surface area (Å²) >= 11 is 0. The van der Waals surface area contributed by atoms with Crippen LogP contribution in [0.25, 0.3) is 5.69 Å². The van der Waals surface area contributed by atoms with Crippen molar-refractivity contribution in [3.05, 3.63) is 78.1 Å². The van der Waals surface area contributed by atoms with E-state index < -0.39 is 0 Å². The fraction of sp³-hybridized carbons (Fsp3) is 0.333. The number of likely N-dealkylation sites (tertiary alicyclic amines) is 1. The van der Waals surface area contributed by atoms with Gasteiger partial charge in [-0.15, -0.1) is 0 Å². The SMILES string of the molecule is COc1ccc(CN2CCC(CNC(=O)c3cncn3-c3ccc(F)cc3)CC2)cc1. The number of nitrogens with one attached hydrogen (secondary N) is 1. The lowest BCUT2D eigenvalue weighted by atomic mass is 9.96. The Balaban J connectivity index is 1.26. The molecule has 1 saturated heterocycles. The molecule has 6 nitrogen and oxygen atoms in total. The van der Waals surface area contributed by atoms with Crippen molar-refractivity contribution < 1.29 is 13.9 Å². The van der Waals surface area contributed by atoms with Gasteiger partial charge in [-0.2, -0.15) is 0 Å². The van der Waals surface area contributed by atoms with Crippen LogP contribution in [0.5, 0.6) is 5.75 Å². The minimum Gasteiger partial charge on any atom is -0.497 e. The molecule has 0 saturated carbocycles. The number of nitrogens with zero attached hydrogens (tertiary/aromatic N) is 3. The number of piperidine rings is 1. The van der Waals surface area contributed by atoms with E-state index in [-0.39, 0.29) is 11.7 Å². The average Bonchev–Trinajstić information content (AvgIpc) is 3.29. The fourth-order valence-corrected chi connectivity index (χ4v) is 3.94. The summed E-state index contributed by atoms with van der Waals surface area (Å²) in [5.41, 5.74) is 2.43. The van der Waals surface area contributed by atoms with Gasteiger partial charge in [-0.25, -0.2) is 9.37 Å². The zero-order chi connectivity index (χ0) is 21.6. The molecule has 0 aliphatic carbocycles. The standard InChI is InChI=1S/C24H27FN4O2/c1-31-22-8-2-19(3-9-22)16-28-12-10-18(11-13-28)14-27-24(30)23-15-26-17-29(23)21-6-4-20(25)5-7-21/h2-9,15,17-18H,10-14,16H2,1H3,(H,27,30). The smallest absolute Gasteiger partial charge is 0.269 e. The van der Waals surface area contributed by atoms with Gasteiger partial charge < -0.3 is 10.1 Å². The summed E-state index contributed by atoms with van der Waals surface area (Å²) in [6.45, 7) is 3.60. The van der Waals surface area contributed by atoms with Crippen LogP contribution in [-0.2, 0) is 6.54 Å². The van der Waals surface area contributed by atoms with Crippen molar-refractivity contribution in [2.75, 3.05) is 26.7 Å². The first-order valence-electron chi connectivity index (χ1n) is 10.5. The van der Waals surface area contributed by atoms with Gasteiger partial charge in [0, 0.05) is 18.8 Å². The van der Waals surface area contributed by atoms with E-state index in [1.165, 1.54) is 23.9 Å². The van der Waals surface area contributed by atoms with E-state index in [2.05, 4.69) is 27.3 Å². The molecule has 1 aliphatic heterocycles. The number of hydrogen-bond acceptors (Lipinski definition) is 4. The van der Waals surface area contributed by atoms with Gasteiger partial charge in [-0.1, -0.05) is 12.1 Å². The third-order valence-electron chi connectivity index (χ3n) is 5.80. The van der Waals surface area contributed by atoms with E-state index in [0.717, 1.165) is 38.2 Å². The van der Waals surface area contributed by atoms with Gasteiger partial charge in [0.25, 0.3) is 5.91 Å². The van der Waals surface area contributed by atoms with Gasteiger partial charge in [-0.3, -0.25) is 14.3 Å². The quantitative estimate of drug-likeness (QED) is 0.631. The van der Waals surface area contributed by atoms with E-state index in [1.54, 1.807) is 30.1 Å². The molecule has 4 rings (SSSR count). The monoisotopic (exact) mass is 422 g/mol. The number of ether oxygens (including phenoxy) is 1. The van der Waals surface area contributed by atoms with Gasteiger partial charge in [0.05, 0.1) is 19.6 Å². The van der Waals surface area contributed by atoms with Crippen LogP contribution in [-0.4, -0.2) is 47.1 Å². The summed E-state index contributed by atoms with van der Waals surface area (Å²) in [4.78, 5) is 19.2. The molecule has 0 unspecified atom stereocenters. The number of hydrogen-bond donors (Lipinski definition) is 1. The molecule has 1 aliphatic rings.